The molecule has 1 aliphatic rings. The van der Waals surface area contributed by atoms with Crippen molar-refractivity contribution in [2.24, 2.45) is 11.7 Å². The fraction of sp³-hybridized carbons (Fsp3) is 1.00. The molecule has 0 spiro atoms. The molecule has 0 aromatic heterocycles. The fourth-order valence-electron chi connectivity index (χ4n) is 1.61. The number of alkyl halides is 2. The van der Waals surface area contributed by atoms with E-state index in [4.69, 9.17) is 5.73 Å². The number of hydrogen-bond donors (Lipinski definition) is 1. The quantitative estimate of drug-likeness (QED) is 0.716. The Bertz CT molecular complexity index is 179. The zero-order valence-electron chi connectivity index (χ0n) is 8.97. The second-order valence-corrected chi connectivity index (χ2v) is 4.61. The van der Waals surface area contributed by atoms with E-state index in [1.165, 1.54) is 0 Å². The van der Waals surface area contributed by atoms with Gasteiger partial charge in [-0.25, -0.2) is 8.78 Å². The van der Waals surface area contributed by atoms with Crippen LogP contribution in [0.1, 0.15) is 26.7 Å². The summed E-state index contributed by atoms with van der Waals surface area (Å²) in [5.74, 6) is -2.29. The van der Waals surface area contributed by atoms with Crippen LogP contribution in [0, 0.1) is 5.92 Å². The summed E-state index contributed by atoms with van der Waals surface area (Å²) in [4.78, 5) is 1.89. The molecule has 1 saturated carbocycles. The fourth-order valence-corrected chi connectivity index (χ4v) is 1.61. The van der Waals surface area contributed by atoms with Crippen molar-refractivity contribution >= 4 is 0 Å². The van der Waals surface area contributed by atoms with Crippen LogP contribution in [-0.2, 0) is 0 Å². The summed E-state index contributed by atoms with van der Waals surface area (Å²) in [5.41, 5.74) is 5.03. The highest BCUT2D eigenvalue weighted by Crippen LogP contribution is 2.29. The Morgan fingerprint density at radius 3 is 2.36 bits per heavy atom. The van der Waals surface area contributed by atoms with Crippen LogP contribution in [0.25, 0.3) is 0 Å². The monoisotopic (exact) mass is 206 g/mol. The standard InChI is InChI=1S/C10H20F2N2/c1-8(2)5-14(9-3-4-9)7-10(11,12)6-13/h8-9H,3-7,13H2,1-2H3. The van der Waals surface area contributed by atoms with Crippen molar-refractivity contribution < 1.29 is 8.78 Å². The van der Waals surface area contributed by atoms with Crippen LogP contribution in [0.2, 0.25) is 0 Å². The van der Waals surface area contributed by atoms with Crippen molar-refractivity contribution in [3.8, 4) is 0 Å². The third-order valence-corrected chi connectivity index (χ3v) is 2.40. The molecule has 84 valence electrons. The molecule has 0 aromatic carbocycles. The highest BCUT2D eigenvalue weighted by Gasteiger charge is 2.37. The lowest BCUT2D eigenvalue weighted by Crippen LogP contribution is -2.44. The maximum atomic E-state index is 13.1. The molecule has 2 N–H and O–H groups in total. The van der Waals surface area contributed by atoms with E-state index in [9.17, 15) is 8.78 Å². The molecule has 0 heterocycles. The predicted molar refractivity (Wildman–Crippen MR) is 53.4 cm³/mol. The van der Waals surface area contributed by atoms with Gasteiger partial charge in [-0.1, -0.05) is 13.8 Å². The van der Waals surface area contributed by atoms with E-state index < -0.39 is 12.5 Å². The van der Waals surface area contributed by atoms with E-state index in [0.29, 0.717) is 12.0 Å². The van der Waals surface area contributed by atoms with Gasteiger partial charge < -0.3 is 5.73 Å². The largest absolute Gasteiger partial charge is 0.325 e. The first-order valence-corrected chi connectivity index (χ1v) is 5.26. The number of rotatable bonds is 6. The van der Waals surface area contributed by atoms with Crippen molar-refractivity contribution in [1.29, 1.82) is 0 Å². The van der Waals surface area contributed by atoms with E-state index in [0.717, 1.165) is 19.4 Å². The highest BCUT2D eigenvalue weighted by molar-refractivity contribution is 4.88. The van der Waals surface area contributed by atoms with Crippen LogP contribution in [0.3, 0.4) is 0 Å². The number of nitrogens with two attached hydrogens (primary N) is 1. The summed E-state index contributed by atoms with van der Waals surface area (Å²) >= 11 is 0. The Morgan fingerprint density at radius 1 is 1.43 bits per heavy atom. The van der Waals surface area contributed by atoms with E-state index >= 15 is 0 Å². The topological polar surface area (TPSA) is 29.3 Å². The molecule has 0 aliphatic heterocycles. The Kier molecular flexibility index (Phi) is 3.84. The molecule has 14 heavy (non-hydrogen) atoms. The molecule has 2 nitrogen and oxygen atoms in total. The maximum absolute atomic E-state index is 13.1. The summed E-state index contributed by atoms with van der Waals surface area (Å²) in [6.07, 6.45) is 2.13. The van der Waals surface area contributed by atoms with E-state index in [2.05, 4.69) is 13.8 Å². The molecule has 1 fully saturated rings. The molecule has 0 saturated heterocycles. The van der Waals surface area contributed by atoms with Gasteiger partial charge in [0.05, 0.1) is 13.1 Å². The summed E-state index contributed by atoms with van der Waals surface area (Å²) in [5, 5.41) is 0. The third kappa shape index (κ3) is 3.88. The van der Waals surface area contributed by atoms with Gasteiger partial charge in [0.15, 0.2) is 0 Å². The minimum atomic E-state index is -2.72. The van der Waals surface area contributed by atoms with Gasteiger partial charge in [-0.3, -0.25) is 4.90 Å². The second-order valence-electron chi connectivity index (χ2n) is 4.61. The van der Waals surface area contributed by atoms with Crippen molar-refractivity contribution in [1.82, 2.24) is 4.90 Å². The third-order valence-electron chi connectivity index (χ3n) is 2.40. The molecule has 1 rings (SSSR count). The van der Waals surface area contributed by atoms with Gasteiger partial charge in [0, 0.05) is 12.6 Å². The highest BCUT2D eigenvalue weighted by atomic mass is 19.3. The minimum absolute atomic E-state index is 0.174. The Balaban J connectivity index is 2.42. The summed E-state index contributed by atoms with van der Waals surface area (Å²) in [6.45, 7) is 4.13. The lowest BCUT2D eigenvalue weighted by Gasteiger charge is -2.27. The SMILES string of the molecule is CC(C)CN(CC(F)(F)CN)C1CC1. The molecule has 0 unspecified atom stereocenters. The molecule has 0 bridgehead atoms. The first-order chi connectivity index (χ1) is 6.44. The number of halogens is 2. The molecular weight excluding hydrogens is 186 g/mol. The zero-order chi connectivity index (χ0) is 10.8. The van der Waals surface area contributed by atoms with Crippen LogP contribution in [0.4, 0.5) is 8.78 Å². The van der Waals surface area contributed by atoms with Crippen molar-refractivity contribution in [3.63, 3.8) is 0 Å². The second kappa shape index (κ2) is 4.53. The maximum Gasteiger partial charge on any atom is 0.272 e. The normalized spacial score (nSPS) is 18.2. The van der Waals surface area contributed by atoms with Gasteiger partial charge in [0.1, 0.15) is 0 Å². The van der Waals surface area contributed by atoms with Gasteiger partial charge in [-0.15, -0.1) is 0 Å². The summed E-state index contributed by atoms with van der Waals surface area (Å²) in [7, 11) is 0. The first-order valence-electron chi connectivity index (χ1n) is 5.26. The van der Waals surface area contributed by atoms with Gasteiger partial charge >= 0.3 is 0 Å². The average molecular weight is 206 g/mol. The van der Waals surface area contributed by atoms with Gasteiger partial charge in [0.25, 0.3) is 5.92 Å². The number of hydrogen-bond acceptors (Lipinski definition) is 2. The lowest BCUT2D eigenvalue weighted by atomic mass is 10.2. The van der Waals surface area contributed by atoms with E-state index in [-0.39, 0.29) is 6.54 Å². The van der Waals surface area contributed by atoms with Gasteiger partial charge in [-0.2, -0.15) is 0 Å². The molecule has 4 heteroatoms. The molecule has 0 amide bonds. The van der Waals surface area contributed by atoms with Crippen molar-refractivity contribution in [2.75, 3.05) is 19.6 Å². The van der Waals surface area contributed by atoms with Crippen molar-refractivity contribution in [3.05, 3.63) is 0 Å². The Morgan fingerprint density at radius 2 is 2.00 bits per heavy atom. The minimum Gasteiger partial charge on any atom is -0.325 e. The molecule has 0 atom stereocenters. The predicted octanol–water partition coefficient (Wildman–Crippen LogP) is 1.70. The zero-order valence-corrected chi connectivity index (χ0v) is 8.97. The molecule has 0 aromatic rings. The first kappa shape index (κ1) is 11.9. The van der Waals surface area contributed by atoms with Crippen LogP contribution in [0.15, 0.2) is 0 Å². The number of nitrogens with zero attached hydrogens (tertiary/aromatic N) is 1. The summed E-state index contributed by atoms with van der Waals surface area (Å²) < 4.78 is 26.1. The van der Waals surface area contributed by atoms with Gasteiger partial charge in [0.2, 0.25) is 0 Å². The lowest BCUT2D eigenvalue weighted by molar-refractivity contribution is -0.0281. The molecule has 0 radical (unpaired) electrons. The van der Waals surface area contributed by atoms with Crippen LogP contribution >= 0.6 is 0 Å². The van der Waals surface area contributed by atoms with Crippen molar-refractivity contribution in [2.45, 2.75) is 38.7 Å². The Labute approximate surface area is 84.4 Å². The summed E-state index contributed by atoms with van der Waals surface area (Å²) in [6, 6.07) is 0.384. The van der Waals surface area contributed by atoms with Crippen LogP contribution < -0.4 is 5.73 Å². The average Bonchev–Trinajstić information content (AvgIpc) is 2.84. The van der Waals surface area contributed by atoms with Crippen LogP contribution in [-0.4, -0.2) is 36.5 Å². The van der Waals surface area contributed by atoms with E-state index in [1.807, 2.05) is 4.90 Å². The Hall–Kier alpha value is -0.220. The van der Waals surface area contributed by atoms with Gasteiger partial charge in [-0.05, 0) is 18.8 Å². The molecular formula is C10H20F2N2. The van der Waals surface area contributed by atoms with E-state index in [1.54, 1.807) is 0 Å². The molecule has 1 aliphatic carbocycles. The van der Waals surface area contributed by atoms with Crippen LogP contribution in [0.5, 0.6) is 0 Å². The smallest absolute Gasteiger partial charge is 0.272 e.